The molecule has 2 fully saturated rings. The molecule has 1 saturated carbocycles. The zero-order chi connectivity index (χ0) is 18.0. The van der Waals surface area contributed by atoms with Gasteiger partial charge in [0.1, 0.15) is 0 Å². The van der Waals surface area contributed by atoms with Gasteiger partial charge in [0.05, 0.1) is 6.54 Å². The molecule has 3 atom stereocenters. The minimum Gasteiger partial charge on any atom is -0.353 e. The van der Waals surface area contributed by atoms with Crippen molar-refractivity contribution in [2.45, 2.75) is 37.0 Å². The summed E-state index contributed by atoms with van der Waals surface area (Å²) in [6.45, 7) is -0.0258. The predicted molar refractivity (Wildman–Crippen MR) is 93.1 cm³/mol. The first kappa shape index (κ1) is 18.3. The van der Waals surface area contributed by atoms with E-state index < -0.39 is 12.7 Å². The lowest BCUT2D eigenvalue weighted by atomic mass is 10.1. The number of hydrogen-bond donors (Lipinski definition) is 2. The van der Waals surface area contributed by atoms with Gasteiger partial charge in [-0.2, -0.15) is 13.2 Å². The maximum Gasteiger partial charge on any atom is 0.401 e. The Balaban J connectivity index is 1.47. The molecule has 1 saturated heterocycles. The van der Waals surface area contributed by atoms with E-state index in [1.165, 1.54) is 10.5 Å². The molecule has 138 valence electrons. The zero-order valence-electron chi connectivity index (χ0n) is 14.0. The highest BCUT2D eigenvalue weighted by Crippen LogP contribution is 2.41. The van der Waals surface area contributed by atoms with Crippen LogP contribution in [0.1, 0.15) is 24.3 Å². The van der Waals surface area contributed by atoms with Crippen LogP contribution in [0.25, 0.3) is 0 Å². The van der Waals surface area contributed by atoms with E-state index in [9.17, 15) is 13.2 Å². The Morgan fingerprint density at radius 2 is 2.16 bits per heavy atom. The number of halogens is 4. The number of rotatable bonds is 4. The molecule has 1 aromatic rings. The van der Waals surface area contributed by atoms with Gasteiger partial charge in [0.25, 0.3) is 0 Å². The van der Waals surface area contributed by atoms with Crippen molar-refractivity contribution in [3.8, 4) is 0 Å². The maximum atomic E-state index is 12.5. The van der Waals surface area contributed by atoms with E-state index in [0.29, 0.717) is 31.4 Å². The smallest absolute Gasteiger partial charge is 0.353 e. The normalized spacial score (nSPS) is 27.4. The molecule has 3 unspecified atom stereocenters. The van der Waals surface area contributed by atoms with Crippen molar-refractivity contribution in [3.05, 3.63) is 34.9 Å². The van der Waals surface area contributed by atoms with E-state index in [-0.39, 0.29) is 12.1 Å². The summed E-state index contributed by atoms with van der Waals surface area (Å²) in [4.78, 5) is 5.63. The molecule has 3 rings (SSSR count). The minimum atomic E-state index is -4.15. The van der Waals surface area contributed by atoms with Crippen LogP contribution in [-0.4, -0.2) is 55.8 Å². The van der Waals surface area contributed by atoms with Gasteiger partial charge in [0.2, 0.25) is 0 Å². The minimum absolute atomic E-state index is 0.0167. The molecule has 2 aliphatic rings. The molecule has 0 spiro atoms. The second-order valence-electron chi connectivity index (χ2n) is 6.70. The van der Waals surface area contributed by atoms with Crippen LogP contribution in [0, 0.1) is 0 Å². The Hall–Kier alpha value is -1.47. The number of alkyl halides is 3. The molecule has 1 heterocycles. The van der Waals surface area contributed by atoms with Crippen LogP contribution in [0.15, 0.2) is 29.3 Å². The van der Waals surface area contributed by atoms with E-state index in [1.807, 2.05) is 18.2 Å². The van der Waals surface area contributed by atoms with Crippen molar-refractivity contribution in [2.75, 3.05) is 26.7 Å². The lowest BCUT2D eigenvalue weighted by Gasteiger charge is -2.20. The highest BCUT2D eigenvalue weighted by Gasteiger charge is 2.40. The average Bonchev–Trinajstić information content (AvgIpc) is 3.17. The first-order valence-corrected chi connectivity index (χ1v) is 8.76. The lowest BCUT2D eigenvalue weighted by molar-refractivity contribution is -0.143. The van der Waals surface area contributed by atoms with Crippen LogP contribution in [0.5, 0.6) is 0 Å². The van der Waals surface area contributed by atoms with Crippen LogP contribution >= 0.6 is 11.6 Å². The van der Waals surface area contributed by atoms with Crippen molar-refractivity contribution in [1.82, 2.24) is 15.5 Å². The zero-order valence-corrected chi connectivity index (χ0v) is 14.7. The lowest BCUT2D eigenvalue weighted by Crippen LogP contribution is -2.46. The van der Waals surface area contributed by atoms with E-state index in [2.05, 4.69) is 21.7 Å². The van der Waals surface area contributed by atoms with Gasteiger partial charge >= 0.3 is 6.18 Å². The van der Waals surface area contributed by atoms with Crippen molar-refractivity contribution < 1.29 is 13.2 Å². The summed E-state index contributed by atoms with van der Waals surface area (Å²) in [5.41, 5.74) is 1.19. The van der Waals surface area contributed by atoms with Gasteiger partial charge in [-0.1, -0.05) is 23.7 Å². The van der Waals surface area contributed by atoms with Gasteiger partial charge in [-0.05, 0) is 30.5 Å². The van der Waals surface area contributed by atoms with E-state index in [1.54, 1.807) is 7.05 Å². The third kappa shape index (κ3) is 5.25. The molecule has 0 radical (unpaired) electrons. The van der Waals surface area contributed by atoms with E-state index in [4.69, 9.17) is 11.6 Å². The Labute approximate surface area is 150 Å². The van der Waals surface area contributed by atoms with E-state index >= 15 is 0 Å². The molecular weight excluding hydrogens is 353 g/mol. The molecule has 1 aliphatic heterocycles. The number of guanidine groups is 1. The van der Waals surface area contributed by atoms with Gasteiger partial charge in [0, 0.05) is 43.2 Å². The molecule has 4 nitrogen and oxygen atoms in total. The number of benzene rings is 1. The molecule has 25 heavy (non-hydrogen) atoms. The Morgan fingerprint density at radius 1 is 1.36 bits per heavy atom. The summed E-state index contributed by atoms with van der Waals surface area (Å²) in [6, 6.07) is 8.07. The second-order valence-corrected chi connectivity index (χ2v) is 7.14. The third-order valence-electron chi connectivity index (χ3n) is 4.63. The highest BCUT2D eigenvalue weighted by atomic mass is 35.5. The average molecular weight is 375 g/mol. The topological polar surface area (TPSA) is 39.7 Å². The fourth-order valence-electron chi connectivity index (χ4n) is 3.35. The summed E-state index contributed by atoms with van der Waals surface area (Å²) in [7, 11) is 1.68. The van der Waals surface area contributed by atoms with Gasteiger partial charge < -0.3 is 10.6 Å². The first-order chi connectivity index (χ1) is 11.8. The molecule has 2 N–H and O–H groups in total. The van der Waals surface area contributed by atoms with Gasteiger partial charge in [-0.15, -0.1) is 0 Å². The fourth-order valence-corrected chi connectivity index (χ4v) is 3.55. The van der Waals surface area contributed by atoms with Crippen molar-refractivity contribution in [3.63, 3.8) is 0 Å². The van der Waals surface area contributed by atoms with Crippen LogP contribution in [-0.2, 0) is 0 Å². The Bertz CT molecular complexity index is 635. The molecule has 0 amide bonds. The first-order valence-electron chi connectivity index (χ1n) is 8.38. The number of likely N-dealkylation sites (tertiary alicyclic amines) is 1. The monoisotopic (exact) mass is 374 g/mol. The summed E-state index contributed by atoms with van der Waals surface area (Å²) < 4.78 is 37.4. The van der Waals surface area contributed by atoms with Gasteiger partial charge in [-0.25, -0.2) is 0 Å². The number of aliphatic imine (C=N–C) groups is 1. The standard InChI is InChI=1S/C17H22ClF3N4/c1-22-16(23-13-5-6-25(9-13)10-17(19,20)21)24-15-8-14(15)11-3-2-4-12(18)7-11/h2-4,7,13-15H,5-6,8-10H2,1H3,(H2,22,23,24). The highest BCUT2D eigenvalue weighted by molar-refractivity contribution is 6.30. The van der Waals surface area contributed by atoms with Crippen LogP contribution in [0.2, 0.25) is 5.02 Å². The van der Waals surface area contributed by atoms with E-state index in [0.717, 1.165) is 11.4 Å². The Kier molecular flexibility index (Phi) is 5.43. The SMILES string of the molecule is CN=C(NC1CCN(CC(F)(F)F)C1)NC1CC1c1cccc(Cl)c1. The Morgan fingerprint density at radius 3 is 2.84 bits per heavy atom. The van der Waals surface area contributed by atoms with Gasteiger partial charge in [-0.3, -0.25) is 9.89 Å². The fraction of sp³-hybridized carbons (Fsp3) is 0.588. The summed E-state index contributed by atoms with van der Waals surface area (Å²) >= 11 is 6.03. The predicted octanol–water partition coefficient (Wildman–Crippen LogP) is 3.00. The third-order valence-corrected chi connectivity index (χ3v) is 4.86. The van der Waals surface area contributed by atoms with Crippen molar-refractivity contribution in [2.24, 2.45) is 4.99 Å². The quantitative estimate of drug-likeness (QED) is 0.628. The summed E-state index contributed by atoms with van der Waals surface area (Å²) in [5, 5.41) is 7.32. The maximum absolute atomic E-state index is 12.5. The number of nitrogens with zero attached hydrogens (tertiary/aromatic N) is 2. The molecular formula is C17H22ClF3N4. The second kappa shape index (κ2) is 7.41. The van der Waals surface area contributed by atoms with Gasteiger partial charge in [0.15, 0.2) is 5.96 Å². The molecule has 8 heteroatoms. The molecule has 0 bridgehead atoms. The van der Waals surface area contributed by atoms with Crippen molar-refractivity contribution >= 4 is 17.6 Å². The molecule has 1 aromatic carbocycles. The molecule has 0 aromatic heterocycles. The van der Waals surface area contributed by atoms with Crippen LogP contribution in [0.3, 0.4) is 0 Å². The largest absolute Gasteiger partial charge is 0.401 e. The number of nitrogens with one attached hydrogen (secondary N) is 2. The summed E-state index contributed by atoms with van der Waals surface area (Å²) in [5.74, 6) is 1.04. The molecule has 1 aliphatic carbocycles. The summed E-state index contributed by atoms with van der Waals surface area (Å²) in [6.07, 6.45) is -2.47. The van der Waals surface area contributed by atoms with Crippen molar-refractivity contribution in [1.29, 1.82) is 0 Å². The van der Waals surface area contributed by atoms with Crippen LogP contribution in [0.4, 0.5) is 13.2 Å². The number of hydrogen-bond acceptors (Lipinski definition) is 2. The van der Waals surface area contributed by atoms with Crippen LogP contribution < -0.4 is 10.6 Å².